The molecule has 0 spiro atoms. The van der Waals surface area contributed by atoms with Crippen molar-refractivity contribution in [3.63, 3.8) is 0 Å². The van der Waals surface area contributed by atoms with Crippen molar-refractivity contribution in [2.75, 3.05) is 19.7 Å². The first-order valence-corrected chi connectivity index (χ1v) is 7.43. The van der Waals surface area contributed by atoms with Gasteiger partial charge in [-0.05, 0) is 55.4 Å². The number of carbonyl (C=O) groups excluding carboxylic acids is 1. The number of hydrogen-bond donors (Lipinski definition) is 1. The minimum atomic E-state index is -0.373. The first-order chi connectivity index (χ1) is 9.72. The highest BCUT2D eigenvalue weighted by Gasteiger charge is 2.24. The Morgan fingerprint density at radius 3 is 2.85 bits per heavy atom. The van der Waals surface area contributed by atoms with Gasteiger partial charge in [-0.3, -0.25) is 4.79 Å². The molecule has 4 nitrogen and oxygen atoms in total. The molecule has 4 heteroatoms. The van der Waals surface area contributed by atoms with Crippen LogP contribution in [0.3, 0.4) is 0 Å². The third-order valence-corrected chi connectivity index (χ3v) is 4.20. The lowest BCUT2D eigenvalue weighted by Crippen LogP contribution is -2.33. The lowest BCUT2D eigenvalue weighted by molar-refractivity contribution is -0.132. The van der Waals surface area contributed by atoms with Crippen molar-refractivity contribution in [2.24, 2.45) is 0 Å². The number of aryl methyl sites for hydroxylation is 2. The Hall–Kier alpha value is -1.55. The second kappa shape index (κ2) is 5.83. The fraction of sp³-hybridized carbons (Fsp3) is 0.562. The molecule has 108 valence electrons. The third-order valence-electron chi connectivity index (χ3n) is 4.20. The summed E-state index contributed by atoms with van der Waals surface area (Å²) in [6.07, 6.45) is 5.07. The molecule has 2 aliphatic rings. The molecule has 1 aliphatic carbocycles. The van der Waals surface area contributed by atoms with Gasteiger partial charge in [-0.1, -0.05) is 6.07 Å². The number of nitrogens with zero attached hydrogens (tertiary/aromatic N) is 1. The van der Waals surface area contributed by atoms with E-state index in [4.69, 9.17) is 4.74 Å². The van der Waals surface area contributed by atoms with E-state index in [1.54, 1.807) is 4.90 Å². The first-order valence-electron chi connectivity index (χ1n) is 7.43. The Labute approximate surface area is 119 Å². The Bertz CT molecular complexity index is 500. The van der Waals surface area contributed by atoms with Crippen LogP contribution in [-0.4, -0.2) is 41.7 Å². The molecule has 1 N–H and O–H groups in total. The summed E-state index contributed by atoms with van der Waals surface area (Å²) in [5, 5.41) is 9.43. The van der Waals surface area contributed by atoms with Gasteiger partial charge in [-0.15, -0.1) is 0 Å². The number of aliphatic hydroxyl groups is 1. The number of aliphatic hydroxyl groups excluding tert-OH is 1. The van der Waals surface area contributed by atoms with Crippen LogP contribution in [0.15, 0.2) is 18.2 Å². The number of β-amino-alcohol motifs (C(OH)–C–C–N with tert-alkyl or cyclic N) is 1. The lowest BCUT2D eigenvalue weighted by Gasteiger charge is -2.18. The van der Waals surface area contributed by atoms with Gasteiger partial charge >= 0.3 is 0 Å². The van der Waals surface area contributed by atoms with E-state index in [0.29, 0.717) is 19.5 Å². The number of rotatable bonds is 3. The summed E-state index contributed by atoms with van der Waals surface area (Å²) in [5.74, 6) is 0.734. The topological polar surface area (TPSA) is 49.8 Å². The van der Waals surface area contributed by atoms with Crippen molar-refractivity contribution in [2.45, 2.75) is 38.2 Å². The van der Waals surface area contributed by atoms with Gasteiger partial charge in [0.15, 0.2) is 6.61 Å². The van der Waals surface area contributed by atoms with Crippen LogP contribution in [0, 0.1) is 0 Å². The average Bonchev–Trinajstić information content (AvgIpc) is 2.91. The molecule has 3 rings (SSSR count). The largest absolute Gasteiger partial charge is 0.484 e. The Morgan fingerprint density at radius 2 is 2.10 bits per heavy atom. The van der Waals surface area contributed by atoms with E-state index >= 15 is 0 Å². The van der Waals surface area contributed by atoms with Gasteiger partial charge in [0.1, 0.15) is 5.75 Å². The molecule has 1 aromatic carbocycles. The van der Waals surface area contributed by atoms with E-state index in [-0.39, 0.29) is 18.6 Å². The monoisotopic (exact) mass is 275 g/mol. The molecule has 1 saturated heterocycles. The molecule has 0 saturated carbocycles. The number of fused-ring (bicyclic) bond motifs is 1. The maximum Gasteiger partial charge on any atom is 0.260 e. The molecule has 1 aromatic rings. The highest BCUT2D eigenvalue weighted by molar-refractivity contribution is 5.78. The summed E-state index contributed by atoms with van der Waals surface area (Å²) >= 11 is 0. The summed E-state index contributed by atoms with van der Waals surface area (Å²) in [6.45, 7) is 1.13. The second-order valence-corrected chi connectivity index (χ2v) is 5.71. The number of ether oxygens (including phenoxy) is 1. The SMILES string of the molecule is O=C(COc1ccc2c(c1)CCCC2)N1CC[C@@H](O)C1. The summed E-state index contributed by atoms with van der Waals surface area (Å²) in [4.78, 5) is 13.6. The van der Waals surface area contributed by atoms with Crippen LogP contribution in [0.4, 0.5) is 0 Å². The van der Waals surface area contributed by atoms with Crippen molar-refractivity contribution in [3.05, 3.63) is 29.3 Å². The predicted molar refractivity (Wildman–Crippen MR) is 75.8 cm³/mol. The van der Waals surface area contributed by atoms with Crippen LogP contribution in [0.2, 0.25) is 0 Å². The normalized spacial score (nSPS) is 21.6. The summed E-state index contributed by atoms with van der Waals surface area (Å²) in [7, 11) is 0. The van der Waals surface area contributed by atoms with E-state index in [1.807, 2.05) is 6.07 Å². The smallest absolute Gasteiger partial charge is 0.260 e. The molecule has 0 aromatic heterocycles. The summed E-state index contributed by atoms with van der Waals surface area (Å²) in [6, 6.07) is 6.14. The number of likely N-dealkylation sites (tertiary alicyclic amines) is 1. The summed E-state index contributed by atoms with van der Waals surface area (Å²) < 4.78 is 5.61. The van der Waals surface area contributed by atoms with E-state index in [2.05, 4.69) is 12.1 Å². The standard InChI is InChI=1S/C16H21NO3/c18-14-7-8-17(10-14)16(19)11-20-15-6-5-12-3-1-2-4-13(12)9-15/h5-6,9,14,18H,1-4,7-8,10-11H2/t14-/m1/s1. The van der Waals surface area contributed by atoms with E-state index in [1.165, 1.54) is 24.0 Å². The van der Waals surface area contributed by atoms with E-state index in [9.17, 15) is 9.90 Å². The molecule has 1 aliphatic heterocycles. The van der Waals surface area contributed by atoms with Gasteiger partial charge in [0.2, 0.25) is 0 Å². The van der Waals surface area contributed by atoms with E-state index < -0.39 is 0 Å². The van der Waals surface area contributed by atoms with Crippen molar-refractivity contribution >= 4 is 5.91 Å². The van der Waals surface area contributed by atoms with Crippen molar-refractivity contribution in [1.29, 1.82) is 0 Å². The van der Waals surface area contributed by atoms with E-state index in [0.717, 1.165) is 18.6 Å². The first kappa shape index (κ1) is 13.4. The van der Waals surface area contributed by atoms with Crippen LogP contribution >= 0.6 is 0 Å². The van der Waals surface area contributed by atoms with Gasteiger partial charge in [-0.2, -0.15) is 0 Å². The number of amides is 1. The van der Waals surface area contributed by atoms with Crippen LogP contribution in [0.25, 0.3) is 0 Å². The van der Waals surface area contributed by atoms with Crippen molar-refractivity contribution in [1.82, 2.24) is 4.90 Å². The highest BCUT2D eigenvalue weighted by Crippen LogP contribution is 2.25. The maximum atomic E-state index is 11.9. The van der Waals surface area contributed by atoms with Crippen LogP contribution < -0.4 is 4.74 Å². The van der Waals surface area contributed by atoms with Gasteiger partial charge in [-0.25, -0.2) is 0 Å². The molecule has 1 fully saturated rings. The zero-order valence-electron chi connectivity index (χ0n) is 11.7. The zero-order valence-corrected chi connectivity index (χ0v) is 11.7. The molecule has 0 bridgehead atoms. The number of benzene rings is 1. The molecule has 1 heterocycles. The van der Waals surface area contributed by atoms with Gasteiger partial charge in [0.05, 0.1) is 6.10 Å². The molecule has 1 atom stereocenters. The molecular formula is C16H21NO3. The fourth-order valence-corrected chi connectivity index (χ4v) is 3.00. The van der Waals surface area contributed by atoms with Gasteiger partial charge in [0, 0.05) is 13.1 Å². The van der Waals surface area contributed by atoms with Crippen molar-refractivity contribution in [3.8, 4) is 5.75 Å². The van der Waals surface area contributed by atoms with Crippen molar-refractivity contribution < 1.29 is 14.6 Å². The lowest BCUT2D eigenvalue weighted by atomic mass is 9.92. The van der Waals surface area contributed by atoms with Gasteiger partial charge < -0.3 is 14.7 Å². The number of hydrogen-bond acceptors (Lipinski definition) is 3. The quantitative estimate of drug-likeness (QED) is 0.910. The number of carbonyl (C=O) groups is 1. The molecule has 1 amide bonds. The molecular weight excluding hydrogens is 254 g/mol. The third kappa shape index (κ3) is 2.96. The Morgan fingerprint density at radius 1 is 1.30 bits per heavy atom. The maximum absolute atomic E-state index is 11.9. The van der Waals surface area contributed by atoms with Crippen LogP contribution in [-0.2, 0) is 17.6 Å². The van der Waals surface area contributed by atoms with Gasteiger partial charge in [0.25, 0.3) is 5.91 Å². The molecule has 0 unspecified atom stereocenters. The summed E-state index contributed by atoms with van der Waals surface area (Å²) in [5.41, 5.74) is 2.77. The second-order valence-electron chi connectivity index (χ2n) is 5.71. The fourth-order valence-electron chi connectivity index (χ4n) is 3.00. The predicted octanol–water partition coefficient (Wildman–Crippen LogP) is 1.54. The minimum absolute atomic E-state index is 0.0423. The minimum Gasteiger partial charge on any atom is -0.484 e. The molecule has 0 radical (unpaired) electrons. The zero-order chi connectivity index (χ0) is 13.9. The highest BCUT2D eigenvalue weighted by atomic mass is 16.5. The van der Waals surface area contributed by atoms with Crippen LogP contribution in [0.5, 0.6) is 5.75 Å². The Kier molecular flexibility index (Phi) is 3.92. The van der Waals surface area contributed by atoms with Crippen LogP contribution in [0.1, 0.15) is 30.4 Å². The Balaban J connectivity index is 1.57. The molecule has 20 heavy (non-hydrogen) atoms. The average molecular weight is 275 g/mol.